The van der Waals surface area contributed by atoms with Crippen LogP contribution in [0.5, 0.6) is 0 Å². The molecule has 2 aliphatic rings. The Hall–Kier alpha value is -2.16. The van der Waals surface area contributed by atoms with Crippen molar-refractivity contribution in [3.05, 3.63) is 0 Å². The Labute approximate surface area is 147 Å². The largest absolute Gasteiger partial charge is 0.473 e. The summed E-state index contributed by atoms with van der Waals surface area (Å²) in [5.41, 5.74) is -0.492. The normalized spacial score (nSPS) is 17.0. The number of morpholine rings is 1. The van der Waals surface area contributed by atoms with Gasteiger partial charge in [-0.3, -0.25) is 4.84 Å². The van der Waals surface area contributed by atoms with Gasteiger partial charge in [-0.05, 0) is 26.7 Å². The third-order valence-corrected chi connectivity index (χ3v) is 3.81. The minimum absolute atomic E-state index is 0.128. The minimum Gasteiger partial charge on any atom is -0.461 e. The lowest BCUT2D eigenvalue weighted by Gasteiger charge is -2.22. The molecule has 140 valence electrons. The van der Waals surface area contributed by atoms with E-state index in [2.05, 4.69) is 9.73 Å². The maximum absolute atomic E-state index is 12.0. The average Bonchev–Trinajstić information content (AvgIpc) is 3.14. The third-order valence-electron chi connectivity index (χ3n) is 3.81. The van der Waals surface area contributed by atoms with Crippen LogP contribution in [0.4, 0.5) is 0 Å². The van der Waals surface area contributed by atoms with Gasteiger partial charge in [0.1, 0.15) is 13.1 Å². The Morgan fingerprint density at radius 1 is 1.04 bits per heavy atom. The monoisotopic (exact) mass is 356 g/mol. The number of amidine groups is 1. The van der Waals surface area contributed by atoms with Crippen LogP contribution in [-0.2, 0) is 28.6 Å². The highest BCUT2D eigenvalue weighted by atomic mass is 16.7. The highest BCUT2D eigenvalue weighted by Gasteiger charge is 2.32. The Morgan fingerprint density at radius 3 is 2.12 bits per heavy atom. The van der Waals surface area contributed by atoms with Crippen LogP contribution < -0.4 is 0 Å². The van der Waals surface area contributed by atoms with E-state index in [0.29, 0.717) is 32.3 Å². The second-order valence-corrected chi connectivity index (χ2v) is 5.55. The molecule has 0 saturated carbocycles. The molecule has 0 aromatic rings. The topological polar surface area (TPSA) is 89.7 Å². The first kappa shape index (κ1) is 19.2. The number of carbonyl (C=O) groups excluding carboxylic acids is 2. The first-order chi connectivity index (χ1) is 12.2. The van der Waals surface area contributed by atoms with Crippen molar-refractivity contribution in [1.82, 2.24) is 4.90 Å². The lowest BCUT2D eigenvalue weighted by atomic mass is 10.4. The Morgan fingerprint density at radius 2 is 1.60 bits per heavy atom. The van der Waals surface area contributed by atoms with Crippen LogP contribution in [0, 0.1) is 0 Å². The molecule has 0 radical (unpaired) electrons. The molecule has 0 aromatic carbocycles. The zero-order valence-corrected chi connectivity index (χ0v) is 14.9. The molecule has 0 aliphatic carbocycles. The zero-order valence-electron chi connectivity index (χ0n) is 14.9. The molecule has 0 spiro atoms. The third kappa shape index (κ3) is 5.42. The number of hydrogen-bond acceptors (Lipinski definition) is 7. The molecule has 9 nitrogen and oxygen atoms in total. The van der Waals surface area contributed by atoms with Crippen LogP contribution in [0.3, 0.4) is 0 Å². The predicted octanol–water partition coefficient (Wildman–Crippen LogP) is -0.0203. The van der Waals surface area contributed by atoms with E-state index in [1.165, 1.54) is 0 Å². The van der Waals surface area contributed by atoms with Crippen LogP contribution in [0.15, 0.2) is 5.16 Å². The SMILES string of the molecule is CCOC(=O)C(=NOC(N1CCOCC1)=[N+]1CCCC1)C(=O)OCC. The Balaban J connectivity index is 2.21. The summed E-state index contributed by atoms with van der Waals surface area (Å²) in [5, 5.41) is 3.79. The highest BCUT2D eigenvalue weighted by molar-refractivity contribution is 6.62. The molecule has 0 amide bonds. The molecule has 25 heavy (non-hydrogen) atoms. The van der Waals surface area contributed by atoms with Crippen LogP contribution >= 0.6 is 0 Å². The van der Waals surface area contributed by atoms with Crippen LogP contribution in [0.25, 0.3) is 0 Å². The summed E-state index contributed by atoms with van der Waals surface area (Å²) in [6.07, 6.45) is 2.12. The molecule has 9 heteroatoms. The van der Waals surface area contributed by atoms with Gasteiger partial charge in [0.25, 0.3) is 5.71 Å². The zero-order chi connectivity index (χ0) is 18.1. The minimum atomic E-state index is -0.858. The Bertz CT molecular complexity index is 512. The van der Waals surface area contributed by atoms with Gasteiger partial charge in [-0.25, -0.2) is 19.1 Å². The summed E-state index contributed by atoms with van der Waals surface area (Å²) in [6.45, 7) is 7.75. The fourth-order valence-electron chi connectivity index (χ4n) is 2.62. The Kier molecular flexibility index (Phi) is 7.65. The fraction of sp³-hybridized carbons (Fsp3) is 0.750. The van der Waals surface area contributed by atoms with Crippen LogP contribution in [0.2, 0.25) is 0 Å². The number of hydrogen-bond donors (Lipinski definition) is 0. The molecular weight excluding hydrogens is 330 g/mol. The second-order valence-electron chi connectivity index (χ2n) is 5.55. The summed E-state index contributed by atoms with van der Waals surface area (Å²) < 4.78 is 17.2. The van der Waals surface area contributed by atoms with Gasteiger partial charge >= 0.3 is 18.0 Å². The first-order valence-electron chi connectivity index (χ1n) is 8.71. The van der Waals surface area contributed by atoms with Gasteiger partial charge in [-0.15, -0.1) is 0 Å². The molecule has 0 bridgehead atoms. The van der Waals surface area contributed by atoms with Crippen molar-refractivity contribution in [2.24, 2.45) is 5.16 Å². The van der Waals surface area contributed by atoms with Crippen molar-refractivity contribution in [2.45, 2.75) is 26.7 Å². The van der Waals surface area contributed by atoms with Crippen molar-refractivity contribution in [3.63, 3.8) is 0 Å². The molecule has 0 atom stereocenters. The van der Waals surface area contributed by atoms with Crippen molar-refractivity contribution in [2.75, 3.05) is 52.6 Å². The maximum Gasteiger partial charge on any atom is 0.473 e. The second kappa shape index (κ2) is 9.97. The van der Waals surface area contributed by atoms with Gasteiger partial charge in [0.2, 0.25) is 0 Å². The summed E-state index contributed by atoms with van der Waals surface area (Å²) in [4.78, 5) is 31.5. The summed E-state index contributed by atoms with van der Waals surface area (Å²) in [6, 6.07) is 0.534. The number of nitrogens with zero attached hydrogens (tertiary/aromatic N) is 3. The van der Waals surface area contributed by atoms with E-state index < -0.39 is 17.7 Å². The van der Waals surface area contributed by atoms with Crippen molar-refractivity contribution < 1.29 is 33.2 Å². The first-order valence-corrected chi connectivity index (χ1v) is 8.71. The van der Waals surface area contributed by atoms with E-state index in [9.17, 15) is 9.59 Å². The van der Waals surface area contributed by atoms with Crippen LogP contribution in [0.1, 0.15) is 26.7 Å². The summed E-state index contributed by atoms with van der Waals surface area (Å²) in [7, 11) is 0. The van der Waals surface area contributed by atoms with E-state index in [0.717, 1.165) is 25.9 Å². The molecule has 2 rings (SSSR count). The van der Waals surface area contributed by atoms with E-state index >= 15 is 0 Å². The molecule has 0 unspecified atom stereocenters. The molecule has 0 N–H and O–H groups in total. The fourth-order valence-corrected chi connectivity index (χ4v) is 2.62. The van der Waals surface area contributed by atoms with E-state index in [-0.39, 0.29) is 13.2 Å². The van der Waals surface area contributed by atoms with Gasteiger partial charge in [0.15, 0.2) is 0 Å². The molecular formula is C16H26N3O6+. The van der Waals surface area contributed by atoms with Gasteiger partial charge in [-0.1, -0.05) is 5.16 Å². The van der Waals surface area contributed by atoms with Crippen molar-refractivity contribution in [1.29, 1.82) is 0 Å². The summed E-state index contributed by atoms with van der Waals surface area (Å²) >= 11 is 0. The predicted molar refractivity (Wildman–Crippen MR) is 88.4 cm³/mol. The molecule has 2 aliphatic heterocycles. The number of esters is 2. The summed E-state index contributed by atoms with van der Waals surface area (Å²) in [5.74, 6) is -1.72. The number of oxime groups is 1. The maximum atomic E-state index is 12.0. The molecule has 2 heterocycles. The van der Waals surface area contributed by atoms with E-state index in [1.807, 2.05) is 4.90 Å². The van der Waals surface area contributed by atoms with Gasteiger partial charge < -0.3 is 14.2 Å². The molecule has 2 saturated heterocycles. The van der Waals surface area contributed by atoms with Crippen molar-refractivity contribution in [3.8, 4) is 0 Å². The number of ether oxygens (including phenoxy) is 3. The lowest BCUT2D eigenvalue weighted by molar-refractivity contribution is -0.521. The standard InChI is InChI=1S/C16H26N3O6/c1-3-23-14(20)13(15(21)24-4-2)17-25-16(18-7-5-6-8-18)19-9-11-22-12-10-19/h3-12H2,1-2H3/q+1. The average molecular weight is 356 g/mol. The quantitative estimate of drug-likeness (QED) is 0.171. The number of rotatable bonds is 5. The van der Waals surface area contributed by atoms with Gasteiger partial charge in [0.05, 0.1) is 39.5 Å². The smallest absolute Gasteiger partial charge is 0.461 e. The van der Waals surface area contributed by atoms with Crippen molar-refractivity contribution >= 4 is 23.7 Å². The highest BCUT2D eigenvalue weighted by Crippen LogP contribution is 2.08. The van der Waals surface area contributed by atoms with Gasteiger partial charge in [-0.2, -0.15) is 0 Å². The molecule has 2 fully saturated rings. The van der Waals surface area contributed by atoms with Crippen LogP contribution in [-0.4, -0.2) is 85.8 Å². The van der Waals surface area contributed by atoms with E-state index in [4.69, 9.17) is 19.0 Å². The molecule has 0 aromatic heterocycles. The van der Waals surface area contributed by atoms with Gasteiger partial charge in [0, 0.05) is 0 Å². The lowest BCUT2D eigenvalue weighted by Crippen LogP contribution is -2.45. The van der Waals surface area contributed by atoms with E-state index in [1.54, 1.807) is 13.8 Å². The number of carbonyl (C=O) groups is 2.